The van der Waals surface area contributed by atoms with Crippen LogP contribution in [0.1, 0.15) is 47.4 Å². The number of aliphatic hydroxyl groups excluding tert-OH is 1. The Morgan fingerprint density at radius 3 is 1.80 bits per heavy atom. The molecule has 0 aromatic heterocycles. The van der Waals surface area contributed by atoms with Crippen LogP contribution in [-0.4, -0.2) is 38.7 Å². The highest BCUT2D eigenvalue weighted by molar-refractivity contribution is 5.93. The lowest BCUT2D eigenvalue weighted by Gasteiger charge is -2.08. The second-order valence-corrected chi connectivity index (χ2v) is 4.42. The molecule has 0 fully saturated rings. The lowest BCUT2D eigenvalue weighted by Crippen LogP contribution is -2.09. The van der Waals surface area contributed by atoms with Crippen LogP contribution in [0.2, 0.25) is 0 Å². The first-order valence-corrected chi connectivity index (χ1v) is 6.20. The van der Waals surface area contributed by atoms with Crippen LogP contribution in [0.5, 0.6) is 0 Å². The molecule has 20 heavy (non-hydrogen) atoms. The van der Waals surface area contributed by atoms with Gasteiger partial charge < -0.3 is 20.4 Å². The van der Waals surface area contributed by atoms with E-state index >= 15 is 0 Å². The van der Waals surface area contributed by atoms with E-state index in [0.717, 1.165) is 12.5 Å². The third kappa shape index (κ3) is 7.50. The number of hydrogen-bond acceptors (Lipinski definition) is 4. The van der Waals surface area contributed by atoms with Crippen molar-refractivity contribution >= 4 is 11.9 Å². The summed E-state index contributed by atoms with van der Waals surface area (Å²) in [6.45, 7) is 4.03. The van der Waals surface area contributed by atoms with Crippen molar-refractivity contribution in [1.82, 2.24) is 0 Å². The Labute approximate surface area is 117 Å². The first kappa shape index (κ1) is 18.1. The van der Waals surface area contributed by atoms with Gasteiger partial charge in [-0.15, -0.1) is 0 Å². The SMILES string of the molecule is CCC(C)CC(O)O.O=C(O)c1cccc(C(=O)O)c1. The summed E-state index contributed by atoms with van der Waals surface area (Å²) < 4.78 is 0. The molecule has 0 saturated carbocycles. The molecule has 112 valence electrons. The van der Waals surface area contributed by atoms with Crippen LogP contribution in [0.25, 0.3) is 0 Å². The molecule has 0 aliphatic rings. The van der Waals surface area contributed by atoms with E-state index in [4.69, 9.17) is 20.4 Å². The Hall–Kier alpha value is -1.92. The maximum absolute atomic E-state index is 10.4. The van der Waals surface area contributed by atoms with Crippen LogP contribution in [-0.2, 0) is 0 Å². The van der Waals surface area contributed by atoms with Gasteiger partial charge in [0.1, 0.15) is 0 Å². The Kier molecular flexibility index (Phi) is 8.19. The fraction of sp³-hybridized carbons (Fsp3) is 0.429. The van der Waals surface area contributed by atoms with Crippen molar-refractivity contribution in [1.29, 1.82) is 0 Å². The smallest absolute Gasteiger partial charge is 0.335 e. The van der Waals surface area contributed by atoms with Gasteiger partial charge in [-0.3, -0.25) is 0 Å². The molecule has 1 atom stereocenters. The van der Waals surface area contributed by atoms with Crippen LogP contribution >= 0.6 is 0 Å². The number of carboxylic acids is 2. The molecule has 0 aliphatic heterocycles. The lowest BCUT2D eigenvalue weighted by atomic mass is 10.1. The maximum atomic E-state index is 10.4. The first-order valence-electron chi connectivity index (χ1n) is 6.20. The number of benzene rings is 1. The zero-order chi connectivity index (χ0) is 15.7. The highest BCUT2D eigenvalue weighted by atomic mass is 16.5. The topological polar surface area (TPSA) is 115 Å². The fourth-order valence-electron chi connectivity index (χ4n) is 1.31. The third-order valence-electron chi connectivity index (χ3n) is 2.67. The summed E-state index contributed by atoms with van der Waals surface area (Å²) in [4.78, 5) is 20.8. The maximum Gasteiger partial charge on any atom is 0.335 e. The lowest BCUT2D eigenvalue weighted by molar-refractivity contribution is -0.0547. The second-order valence-electron chi connectivity index (χ2n) is 4.42. The minimum absolute atomic E-state index is 0.0186. The van der Waals surface area contributed by atoms with Gasteiger partial charge in [0.2, 0.25) is 0 Å². The van der Waals surface area contributed by atoms with E-state index in [2.05, 4.69) is 0 Å². The average Bonchev–Trinajstić information content (AvgIpc) is 2.38. The quantitative estimate of drug-likeness (QED) is 0.613. The Bertz CT molecular complexity index is 412. The van der Waals surface area contributed by atoms with Crippen molar-refractivity contribution in [2.45, 2.75) is 33.0 Å². The van der Waals surface area contributed by atoms with Crippen molar-refractivity contribution in [2.24, 2.45) is 5.92 Å². The molecule has 1 aromatic rings. The van der Waals surface area contributed by atoms with Crippen LogP contribution in [0.4, 0.5) is 0 Å². The summed E-state index contributed by atoms with van der Waals surface area (Å²) in [5.74, 6) is -1.83. The Morgan fingerprint density at radius 2 is 1.55 bits per heavy atom. The highest BCUT2D eigenvalue weighted by Crippen LogP contribution is 2.07. The molecule has 1 rings (SSSR count). The number of carbonyl (C=O) groups is 2. The molecule has 0 radical (unpaired) electrons. The van der Waals surface area contributed by atoms with E-state index in [-0.39, 0.29) is 11.1 Å². The zero-order valence-electron chi connectivity index (χ0n) is 11.5. The number of hydrogen-bond donors (Lipinski definition) is 4. The van der Waals surface area contributed by atoms with E-state index in [1.165, 1.54) is 18.2 Å². The molecule has 0 saturated heterocycles. The predicted octanol–water partition coefficient (Wildman–Crippen LogP) is 1.82. The molecule has 0 heterocycles. The molecule has 0 amide bonds. The Morgan fingerprint density at radius 1 is 1.10 bits per heavy atom. The molecular weight excluding hydrogens is 264 g/mol. The zero-order valence-corrected chi connectivity index (χ0v) is 11.5. The van der Waals surface area contributed by atoms with E-state index in [1.807, 2.05) is 13.8 Å². The summed E-state index contributed by atoms with van der Waals surface area (Å²) >= 11 is 0. The first-order chi connectivity index (χ1) is 9.27. The fourth-order valence-corrected chi connectivity index (χ4v) is 1.31. The summed E-state index contributed by atoms with van der Waals surface area (Å²) in [5.41, 5.74) is -0.0372. The molecular formula is C14H20O6. The second kappa shape index (κ2) is 9.06. The third-order valence-corrected chi connectivity index (χ3v) is 2.67. The molecule has 6 heteroatoms. The number of carboxylic acid groups (broad SMARTS) is 2. The summed E-state index contributed by atoms with van der Waals surface area (Å²) in [6.07, 6.45) is 0.388. The van der Waals surface area contributed by atoms with Gasteiger partial charge in [0, 0.05) is 6.42 Å². The molecule has 1 aromatic carbocycles. The van der Waals surface area contributed by atoms with Gasteiger partial charge in [0.15, 0.2) is 6.29 Å². The standard InChI is InChI=1S/C8H6O4.C6H14O2/c9-7(10)5-2-1-3-6(4-5)8(11)12;1-3-5(2)4-6(7)8/h1-4H,(H,9,10)(H,11,12);5-8H,3-4H2,1-2H3. The van der Waals surface area contributed by atoms with Gasteiger partial charge in [-0.25, -0.2) is 9.59 Å². The molecule has 0 bridgehead atoms. The molecule has 6 nitrogen and oxygen atoms in total. The van der Waals surface area contributed by atoms with Gasteiger partial charge in [0.25, 0.3) is 0 Å². The van der Waals surface area contributed by atoms with Crippen molar-refractivity contribution in [3.05, 3.63) is 35.4 Å². The van der Waals surface area contributed by atoms with Gasteiger partial charge >= 0.3 is 11.9 Å². The van der Waals surface area contributed by atoms with Gasteiger partial charge in [-0.05, 0) is 24.1 Å². The van der Waals surface area contributed by atoms with Gasteiger partial charge in [-0.1, -0.05) is 26.3 Å². The number of rotatable bonds is 5. The van der Waals surface area contributed by atoms with E-state index in [1.54, 1.807) is 0 Å². The number of aromatic carboxylic acids is 2. The molecule has 0 aliphatic carbocycles. The van der Waals surface area contributed by atoms with Crippen LogP contribution in [0.15, 0.2) is 24.3 Å². The Balaban J connectivity index is 0.000000396. The molecule has 1 unspecified atom stereocenters. The van der Waals surface area contributed by atoms with Crippen LogP contribution < -0.4 is 0 Å². The van der Waals surface area contributed by atoms with Gasteiger partial charge in [0.05, 0.1) is 11.1 Å². The van der Waals surface area contributed by atoms with E-state index in [0.29, 0.717) is 12.3 Å². The van der Waals surface area contributed by atoms with Crippen molar-refractivity contribution < 1.29 is 30.0 Å². The summed E-state index contributed by atoms with van der Waals surface area (Å²) in [7, 11) is 0. The number of aliphatic hydroxyl groups is 2. The minimum Gasteiger partial charge on any atom is -0.478 e. The predicted molar refractivity (Wildman–Crippen MR) is 72.7 cm³/mol. The van der Waals surface area contributed by atoms with Crippen molar-refractivity contribution in [3.8, 4) is 0 Å². The van der Waals surface area contributed by atoms with Crippen LogP contribution in [0, 0.1) is 5.92 Å². The van der Waals surface area contributed by atoms with Crippen molar-refractivity contribution in [2.75, 3.05) is 0 Å². The molecule has 0 spiro atoms. The largest absolute Gasteiger partial charge is 0.478 e. The van der Waals surface area contributed by atoms with Crippen LogP contribution in [0.3, 0.4) is 0 Å². The summed E-state index contributed by atoms with van der Waals surface area (Å²) in [6, 6.07) is 5.20. The molecule has 4 N–H and O–H groups in total. The average molecular weight is 284 g/mol. The summed E-state index contributed by atoms with van der Waals surface area (Å²) in [5, 5.41) is 33.8. The highest BCUT2D eigenvalue weighted by Gasteiger charge is 2.06. The van der Waals surface area contributed by atoms with E-state index < -0.39 is 18.2 Å². The van der Waals surface area contributed by atoms with E-state index in [9.17, 15) is 9.59 Å². The minimum atomic E-state index is -1.13. The van der Waals surface area contributed by atoms with Gasteiger partial charge in [-0.2, -0.15) is 0 Å². The van der Waals surface area contributed by atoms with Crippen molar-refractivity contribution in [3.63, 3.8) is 0 Å². The normalized spacial score (nSPS) is 11.4. The monoisotopic (exact) mass is 284 g/mol.